The van der Waals surface area contributed by atoms with Gasteiger partial charge < -0.3 is 13.7 Å². The Morgan fingerprint density at radius 1 is 1.24 bits per heavy atom. The molecule has 154 valence electrons. The van der Waals surface area contributed by atoms with Gasteiger partial charge in [-0.15, -0.1) is 0 Å². The SMILES string of the molecule is COc1ccc(-c2nc(CN3CCCC[C@@H]3CCn3ccnc3)c(C)o2)cc1C. The summed E-state index contributed by atoms with van der Waals surface area (Å²) in [5.74, 6) is 2.48. The summed E-state index contributed by atoms with van der Waals surface area (Å²) in [4.78, 5) is 11.6. The molecule has 1 aromatic carbocycles. The van der Waals surface area contributed by atoms with Gasteiger partial charge in [-0.05, 0) is 63.4 Å². The lowest BCUT2D eigenvalue weighted by Gasteiger charge is -2.35. The van der Waals surface area contributed by atoms with Gasteiger partial charge in [0, 0.05) is 37.1 Å². The molecule has 0 amide bonds. The van der Waals surface area contributed by atoms with E-state index in [-0.39, 0.29) is 0 Å². The van der Waals surface area contributed by atoms with Crippen molar-refractivity contribution in [1.29, 1.82) is 0 Å². The number of nitrogens with zero attached hydrogens (tertiary/aromatic N) is 4. The number of aromatic nitrogens is 3. The maximum Gasteiger partial charge on any atom is 0.226 e. The van der Waals surface area contributed by atoms with E-state index >= 15 is 0 Å². The number of oxazole rings is 1. The third kappa shape index (κ3) is 4.53. The Morgan fingerprint density at radius 2 is 2.14 bits per heavy atom. The Balaban J connectivity index is 1.47. The molecule has 2 aromatic heterocycles. The number of ether oxygens (including phenoxy) is 1. The number of benzene rings is 1. The van der Waals surface area contributed by atoms with Gasteiger partial charge in [-0.1, -0.05) is 6.42 Å². The Hall–Kier alpha value is -2.60. The molecule has 0 spiro atoms. The van der Waals surface area contributed by atoms with Gasteiger partial charge in [-0.25, -0.2) is 9.97 Å². The minimum atomic E-state index is 0.578. The molecule has 6 heteroatoms. The summed E-state index contributed by atoms with van der Waals surface area (Å²) in [5.41, 5.74) is 3.12. The van der Waals surface area contributed by atoms with Crippen LogP contribution in [-0.4, -0.2) is 39.1 Å². The van der Waals surface area contributed by atoms with Gasteiger partial charge in [-0.3, -0.25) is 4.90 Å². The van der Waals surface area contributed by atoms with E-state index in [1.165, 1.54) is 19.3 Å². The number of piperidine rings is 1. The van der Waals surface area contributed by atoms with Crippen molar-refractivity contribution in [3.63, 3.8) is 0 Å². The van der Waals surface area contributed by atoms with Gasteiger partial charge in [0.15, 0.2) is 0 Å². The number of hydrogen-bond acceptors (Lipinski definition) is 5. The van der Waals surface area contributed by atoms with Crippen molar-refractivity contribution in [2.75, 3.05) is 13.7 Å². The molecule has 3 heterocycles. The van der Waals surface area contributed by atoms with Crippen LogP contribution in [0.25, 0.3) is 11.5 Å². The average molecular weight is 395 g/mol. The molecule has 0 bridgehead atoms. The highest BCUT2D eigenvalue weighted by Crippen LogP contribution is 2.29. The monoisotopic (exact) mass is 394 g/mol. The number of hydrogen-bond donors (Lipinski definition) is 0. The molecule has 1 aliphatic rings. The van der Waals surface area contributed by atoms with E-state index in [4.69, 9.17) is 14.1 Å². The van der Waals surface area contributed by atoms with Crippen molar-refractivity contribution in [3.8, 4) is 17.2 Å². The number of aryl methyl sites for hydroxylation is 3. The summed E-state index contributed by atoms with van der Waals surface area (Å²) in [6.07, 6.45) is 10.7. The van der Waals surface area contributed by atoms with Gasteiger partial charge >= 0.3 is 0 Å². The topological polar surface area (TPSA) is 56.3 Å². The van der Waals surface area contributed by atoms with Crippen LogP contribution in [0.5, 0.6) is 5.75 Å². The van der Waals surface area contributed by atoms with Crippen LogP contribution in [0.2, 0.25) is 0 Å². The number of methoxy groups -OCH3 is 1. The van der Waals surface area contributed by atoms with Crippen LogP contribution < -0.4 is 4.74 Å². The largest absolute Gasteiger partial charge is 0.496 e. The summed E-state index contributed by atoms with van der Waals surface area (Å²) in [5, 5.41) is 0. The second-order valence-electron chi connectivity index (χ2n) is 7.92. The molecule has 6 nitrogen and oxygen atoms in total. The zero-order chi connectivity index (χ0) is 20.2. The van der Waals surface area contributed by atoms with Gasteiger partial charge in [-0.2, -0.15) is 0 Å². The minimum absolute atomic E-state index is 0.578. The second-order valence-corrected chi connectivity index (χ2v) is 7.92. The fourth-order valence-corrected chi connectivity index (χ4v) is 4.21. The molecule has 4 rings (SSSR count). The molecule has 0 radical (unpaired) electrons. The molecular weight excluding hydrogens is 364 g/mol. The van der Waals surface area contributed by atoms with Crippen molar-refractivity contribution < 1.29 is 9.15 Å². The Labute approximate surface area is 172 Å². The summed E-state index contributed by atoms with van der Waals surface area (Å²) in [6, 6.07) is 6.63. The Morgan fingerprint density at radius 3 is 2.90 bits per heavy atom. The van der Waals surface area contributed by atoms with Crippen LogP contribution >= 0.6 is 0 Å². The van der Waals surface area contributed by atoms with Crippen molar-refractivity contribution in [1.82, 2.24) is 19.4 Å². The van der Waals surface area contributed by atoms with Crippen LogP contribution in [0.15, 0.2) is 41.3 Å². The third-order valence-corrected chi connectivity index (χ3v) is 5.92. The highest BCUT2D eigenvalue weighted by molar-refractivity contribution is 5.57. The normalized spacial score (nSPS) is 17.6. The molecule has 0 saturated carbocycles. The van der Waals surface area contributed by atoms with Crippen molar-refractivity contribution >= 4 is 0 Å². The van der Waals surface area contributed by atoms with Crippen LogP contribution in [0.4, 0.5) is 0 Å². The molecule has 1 atom stereocenters. The molecule has 0 aliphatic carbocycles. The molecule has 0 N–H and O–H groups in total. The molecule has 1 saturated heterocycles. The fraction of sp³-hybridized carbons (Fsp3) is 0.478. The quantitative estimate of drug-likeness (QED) is 0.586. The first kappa shape index (κ1) is 19.7. The minimum Gasteiger partial charge on any atom is -0.496 e. The van der Waals surface area contributed by atoms with E-state index in [9.17, 15) is 0 Å². The second kappa shape index (κ2) is 8.82. The Kier molecular flexibility index (Phi) is 6.00. The molecule has 1 fully saturated rings. The van der Waals surface area contributed by atoms with Crippen molar-refractivity contribution in [3.05, 3.63) is 53.9 Å². The van der Waals surface area contributed by atoms with E-state index in [0.717, 1.165) is 54.4 Å². The van der Waals surface area contributed by atoms with Gasteiger partial charge in [0.05, 0.1) is 19.1 Å². The lowest BCUT2D eigenvalue weighted by Crippen LogP contribution is -2.39. The van der Waals surface area contributed by atoms with E-state index < -0.39 is 0 Å². The standard InChI is InChI=1S/C23H30N4O2/c1-17-14-19(7-8-22(17)28-3)23-25-21(18(2)29-23)15-27-11-5-4-6-20(27)9-12-26-13-10-24-16-26/h7-8,10,13-14,16,20H,4-6,9,11-12,15H2,1-3H3/t20-/m1/s1. The number of imidazole rings is 1. The zero-order valence-corrected chi connectivity index (χ0v) is 17.6. The third-order valence-electron chi connectivity index (χ3n) is 5.92. The molecule has 0 unspecified atom stereocenters. The van der Waals surface area contributed by atoms with Gasteiger partial charge in [0.1, 0.15) is 11.5 Å². The van der Waals surface area contributed by atoms with Crippen LogP contribution in [0.3, 0.4) is 0 Å². The number of rotatable bonds is 7. The number of likely N-dealkylation sites (tertiary alicyclic amines) is 1. The Bertz CT molecular complexity index is 933. The fourth-order valence-electron chi connectivity index (χ4n) is 4.21. The van der Waals surface area contributed by atoms with Crippen LogP contribution in [0, 0.1) is 13.8 Å². The maximum atomic E-state index is 6.03. The molecule has 3 aromatic rings. The average Bonchev–Trinajstić information content (AvgIpc) is 3.37. The summed E-state index contributed by atoms with van der Waals surface area (Å²) in [7, 11) is 1.69. The summed E-state index contributed by atoms with van der Waals surface area (Å²) < 4.78 is 13.6. The van der Waals surface area contributed by atoms with Gasteiger partial charge in [0.25, 0.3) is 0 Å². The molecular formula is C23H30N4O2. The smallest absolute Gasteiger partial charge is 0.226 e. The van der Waals surface area contributed by atoms with Gasteiger partial charge in [0.2, 0.25) is 5.89 Å². The van der Waals surface area contributed by atoms with E-state index in [2.05, 4.69) is 20.5 Å². The van der Waals surface area contributed by atoms with Crippen molar-refractivity contribution in [2.24, 2.45) is 0 Å². The first-order valence-electron chi connectivity index (χ1n) is 10.4. The predicted octanol–water partition coefficient (Wildman–Crippen LogP) is 4.61. The van der Waals surface area contributed by atoms with Crippen LogP contribution in [-0.2, 0) is 13.1 Å². The first-order valence-corrected chi connectivity index (χ1v) is 10.4. The predicted molar refractivity (Wildman–Crippen MR) is 113 cm³/mol. The lowest BCUT2D eigenvalue weighted by molar-refractivity contribution is 0.126. The lowest BCUT2D eigenvalue weighted by atomic mass is 9.99. The van der Waals surface area contributed by atoms with Crippen LogP contribution in [0.1, 0.15) is 42.7 Å². The summed E-state index contributed by atoms with van der Waals surface area (Å²) >= 11 is 0. The maximum absolute atomic E-state index is 6.03. The highest BCUT2D eigenvalue weighted by atomic mass is 16.5. The van der Waals surface area contributed by atoms with E-state index in [1.54, 1.807) is 7.11 Å². The summed E-state index contributed by atoms with van der Waals surface area (Å²) in [6.45, 7) is 7.04. The zero-order valence-electron chi connectivity index (χ0n) is 17.6. The van der Waals surface area contributed by atoms with E-state index in [1.807, 2.05) is 44.7 Å². The van der Waals surface area contributed by atoms with E-state index in [0.29, 0.717) is 11.9 Å². The van der Waals surface area contributed by atoms with Crippen molar-refractivity contribution in [2.45, 2.75) is 58.7 Å². The first-order chi connectivity index (χ1) is 14.1. The highest BCUT2D eigenvalue weighted by Gasteiger charge is 2.24. The molecule has 29 heavy (non-hydrogen) atoms. The molecule has 1 aliphatic heterocycles.